The number of hydrogen-bond donors (Lipinski definition) is 1. The second kappa shape index (κ2) is 3.99. The summed E-state index contributed by atoms with van der Waals surface area (Å²) in [4.78, 5) is 2.53. The van der Waals surface area contributed by atoms with Crippen molar-refractivity contribution >= 4 is 15.5 Å². The average Bonchev–Trinajstić information content (AvgIpc) is 2.26. The maximum absolute atomic E-state index is 11.6. The molecule has 0 atom stereocenters. The SMILES string of the molecule is CCS(=O)(=O)c1ccc(N2CC(C)(N)C2)cc1. The standard InChI is InChI=1S/C12H18N2O2S/c1-3-17(15,16)11-6-4-10(5-7-11)14-8-12(2,13)9-14/h4-7H,3,8-9,13H2,1-2H3. The first-order valence-corrected chi connectivity index (χ1v) is 7.36. The molecule has 94 valence electrons. The number of hydrogen-bond acceptors (Lipinski definition) is 4. The molecule has 0 bridgehead atoms. The number of benzene rings is 1. The Kier molecular flexibility index (Phi) is 2.91. The highest BCUT2D eigenvalue weighted by molar-refractivity contribution is 7.91. The van der Waals surface area contributed by atoms with Crippen LogP contribution >= 0.6 is 0 Å². The Balaban J connectivity index is 2.15. The van der Waals surface area contributed by atoms with E-state index in [9.17, 15) is 8.42 Å². The van der Waals surface area contributed by atoms with Crippen LogP contribution in [-0.2, 0) is 9.84 Å². The number of rotatable bonds is 3. The molecule has 0 spiro atoms. The van der Waals surface area contributed by atoms with Crippen molar-refractivity contribution < 1.29 is 8.42 Å². The molecule has 0 unspecified atom stereocenters. The Morgan fingerprint density at radius 2 is 1.82 bits per heavy atom. The summed E-state index contributed by atoms with van der Waals surface area (Å²) < 4.78 is 23.3. The summed E-state index contributed by atoms with van der Waals surface area (Å²) in [5, 5.41) is 0. The number of nitrogens with zero attached hydrogens (tertiary/aromatic N) is 1. The Labute approximate surface area is 102 Å². The molecule has 1 aliphatic heterocycles. The number of anilines is 1. The summed E-state index contributed by atoms with van der Waals surface area (Å²) in [6.45, 7) is 5.29. The van der Waals surface area contributed by atoms with E-state index >= 15 is 0 Å². The molecular formula is C12H18N2O2S. The third-order valence-electron chi connectivity index (χ3n) is 3.05. The van der Waals surface area contributed by atoms with Gasteiger partial charge in [0.1, 0.15) is 0 Å². The molecule has 4 nitrogen and oxygen atoms in total. The molecule has 1 fully saturated rings. The maximum atomic E-state index is 11.6. The van der Waals surface area contributed by atoms with Gasteiger partial charge in [-0.1, -0.05) is 6.92 Å². The first-order valence-electron chi connectivity index (χ1n) is 5.71. The molecule has 2 rings (SSSR count). The molecule has 1 saturated heterocycles. The van der Waals surface area contributed by atoms with Gasteiger partial charge in [-0.15, -0.1) is 0 Å². The maximum Gasteiger partial charge on any atom is 0.178 e. The van der Waals surface area contributed by atoms with Crippen molar-refractivity contribution in [3.63, 3.8) is 0 Å². The van der Waals surface area contributed by atoms with E-state index in [0.29, 0.717) is 4.90 Å². The van der Waals surface area contributed by atoms with Crippen LogP contribution in [0.3, 0.4) is 0 Å². The van der Waals surface area contributed by atoms with Gasteiger partial charge in [0.05, 0.1) is 10.6 Å². The first-order chi connectivity index (χ1) is 7.84. The zero-order chi connectivity index (χ0) is 12.7. The second-order valence-corrected chi connectivity index (χ2v) is 7.19. The third kappa shape index (κ3) is 2.45. The van der Waals surface area contributed by atoms with Crippen LogP contribution in [0.1, 0.15) is 13.8 Å². The van der Waals surface area contributed by atoms with Gasteiger partial charge in [0.25, 0.3) is 0 Å². The third-order valence-corrected chi connectivity index (χ3v) is 4.80. The monoisotopic (exact) mass is 254 g/mol. The van der Waals surface area contributed by atoms with Crippen molar-refractivity contribution in [1.29, 1.82) is 0 Å². The molecule has 1 heterocycles. The van der Waals surface area contributed by atoms with Gasteiger partial charge in [-0.3, -0.25) is 0 Å². The second-order valence-electron chi connectivity index (χ2n) is 4.91. The summed E-state index contributed by atoms with van der Waals surface area (Å²) in [7, 11) is -3.10. The molecule has 1 aromatic carbocycles. The molecule has 0 aromatic heterocycles. The Morgan fingerprint density at radius 1 is 1.29 bits per heavy atom. The lowest BCUT2D eigenvalue weighted by molar-refractivity contribution is 0.365. The van der Waals surface area contributed by atoms with E-state index in [1.807, 2.05) is 19.1 Å². The van der Waals surface area contributed by atoms with E-state index in [4.69, 9.17) is 5.73 Å². The largest absolute Gasteiger partial charge is 0.368 e. The van der Waals surface area contributed by atoms with Crippen LogP contribution < -0.4 is 10.6 Å². The van der Waals surface area contributed by atoms with E-state index in [1.165, 1.54) is 0 Å². The predicted octanol–water partition coefficient (Wildman–Crippen LogP) is 1.02. The smallest absolute Gasteiger partial charge is 0.178 e. The summed E-state index contributed by atoms with van der Waals surface area (Å²) in [5.41, 5.74) is 6.85. The molecule has 0 aliphatic carbocycles. The van der Waals surface area contributed by atoms with Crippen molar-refractivity contribution in [3.05, 3.63) is 24.3 Å². The predicted molar refractivity (Wildman–Crippen MR) is 69.0 cm³/mol. The minimum atomic E-state index is -3.10. The van der Waals surface area contributed by atoms with Crippen molar-refractivity contribution in [2.24, 2.45) is 5.73 Å². The topological polar surface area (TPSA) is 63.4 Å². The summed E-state index contributed by atoms with van der Waals surface area (Å²) in [6, 6.07) is 7.02. The first kappa shape index (κ1) is 12.4. The van der Waals surface area contributed by atoms with Crippen LogP contribution in [-0.4, -0.2) is 32.8 Å². The Bertz CT molecular complexity index is 498. The lowest BCUT2D eigenvalue weighted by atomic mass is 9.93. The zero-order valence-electron chi connectivity index (χ0n) is 10.2. The molecule has 0 radical (unpaired) electrons. The van der Waals surface area contributed by atoms with Crippen molar-refractivity contribution in [1.82, 2.24) is 0 Å². The molecule has 1 aromatic rings. The number of sulfone groups is 1. The molecule has 2 N–H and O–H groups in total. The van der Waals surface area contributed by atoms with Gasteiger partial charge in [0.2, 0.25) is 0 Å². The van der Waals surface area contributed by atoms with Gasteiger partial charge < -0.3 is 10.6 Å². The van der Waals surface area contributed by atoms with Gasteiger partial charge in [-0.25, -0.2) is 8.42 Å². The average molecular weight is 254 g/mol. The Morgan fingerprint density at radius 3 is 2.24 bits per heavy atom. The number of nitrogens with two attached hydrogens (primary N) is 1. The lowest BCUT2D eigenvalue weighted by Crippen LogP contribution is -2.65. The quantitative estimate of drug-likeness (QED) is 0.874. The highest BCUT2D eigenvalue weighted by Crippen LogP contribution is 2.26. The molecule has 0 saturated carbocycles. The minimum absolute atomic E-state index is 0.117. The molecule has 0 amide bonds. The van der Waals surface area contributed by atoms with Gasteiger partial charge in [-0.05, 0) is 31.2 Å². The molecule has 17 heavy (non-hydrogen) atoms. The zero-order valence-corrected chi connectivity index (χ0v) is 11.0. The van der Waals surface area contributed by atoms with Gasteiger partial charge in [0, 0.05) is 24.3 Å². The van der Waals surface area contributed by atoms with Crippen molar-refractivity contribution in [2.75, 3.05) is 23.7 Å². The summed E-state index contributed by atoms with van der Waals surface area (Å²) in [6.07, 6.45) is 0. The fourth-order valence-corrected chi connectivity index (χ4v) is 2.92. The van der Waals surface area contributed by atoms with Crippen LogP contribution in [0.2, 0.25) is 0 Å². The highest BCUT2D eigenvalue weighted by Gasteiger charge is 2.34. The summed E-state index contributed by atoms with van der Waals surface area (Å²) in [5.74, 6) is 0.136. The van der Waals surface area contributed by atoms with Crippen LogP contribution in [0.5, 0.6) is 0 Å². The Hall–Kier alpha value is -1.07. The van der Waals surface area contributed by atoms with Crippen molar-refractivity contribution in [2.45, 2.75) is 24.3 Å². The van der Waals surface area contributed by atoms with E-state index in [0.717, 1.165) is 18.8 Å². The summed E-state index contributed by atoms with van der Waals surface area (Å²) >= 11 is 0. The van der Waals surface area contributed by atoms with E-state index < -0.39 is 9.84 Å². The van der Waals surface area contributed by atoms with Gasteiger partial charge in [-0.2, -0.15) is 0 Å². The fraction of sp³-hybridized carbons (Fsp3) is 0.500. The molecule has 5 heteroatoms. The van der Waals surface area contributed by atoms with Crippen LogP contribution in [0.4, 0.5) is 5.69 Å². The molecule has 1 aliphatic rings. The lowest BCUT2D eigenvalue weighted by Gasteiger charge is -2.47. The fourth-order valence-electron chi connectivity index (χ4n) is 2.04. The molecular weight excluding hydrogens is 236 g/mol. The highest BCUT2D eigenvalue weighted by atomic mass is 32.2. The van der Waals surface area contributed by atoms with E-state index in [1.54, 1.807) is 19.1 Å². The van der Waals surface area contributed by atoms with Crippen LogP contribution in [0.15, 0.2) is 29.2 Å². The van der Waals surface area contributed by atoms with Crippen LogP contribution in [0.25, 0.3) is 0 Å². The van der Waals surface area contributed by atoms with Gasteiger partial charge >= 0.3 is 0 Å². The van der Waals surface area contributed by atoms with Crippen molar-refractivity contribution in [3.8, 4) is 0 Å². The minimum Gasteiger partial charge on any atom is -0.368 e. The van der Waals surface area contributed by atoms with E-state index in [-0.39, 0.29) is 11.3 Å². The normalized spacial score (nSPS) is 18.9. The van der Waals surface area contributed by atoms with Gasteiger partial charge in [0.15, 0.2) is 9.84 Å². The van der Waals surface area contributed by atoms with E-state index in [2.05, 4.69) is 4.90 Å². The van der Waals surface area contributed by atoms with Crippen LogP contribution in [0, 0.1) is 0 Å².